The maximum atomic E-state index is 11.9. The van der Waals surface area contributed by atoms with Gasteiger partial charge in [0.25, 0.3) is 0 Å². The summed E-state index contributed by atoms with van der Waals surface area (Å²) in [5.74, 6) is -0.0131. The molecule has 1 rings (SSSR count). The SMILES string of the molecule is CCc1cc(Br)ccc1NC(=O)C(C)CCN. The maximum Gasteiger partial charge on any atom is 0.227 e. The molecular formula is C13H19BrN2O. The number of rotatable bonds is 5. The minimum absolute atomic E-state index is 0.0347. The van der Waals surface area contributed by atoms with Crippen LogP contribution in [0.4, 0.5) is 5.69 Å². The Balaban J connectivity index is 2.77. The number of nitrogens with one attached hydrogen (secondary N) is 1. The van der Waals surface area contributed by atoms with Crippen LogP contribution in [0.25, 0.3) is 0 Å². The van der Waals surface area contributed by atoms with Gasteiger partial charge in [-0.3, -0.25) is 4.79 Å². The average molecular weight is 299 g/mol. The van der Waals surface area contributed by atoms with Gasteiger partial charge in [-0.15, -0.1) is 0 Å². The Morgan fingerprint density at radius 2 is 2.24 bits per heavy atom. The van der Waals surface area contributed by atoms with E-state index in [1.165, 1.54) is 0 Å². The molecule has 1 amide bonds. The number of halogens is 1. The van der Waals surface area contributed by atoms with Crippen molar-refractivity contribution >= 4 is 27.5 Å². The Labute approximate surface area is 111 Å². The van der Waals surface area contributed by atoms with Crippen LogP contribution < -0.4 is 11.1 Å². The lowest BCUT2D eigenvalue weighted by Gasteiger charge is -2.14. The summed E-state index contributed by atoms with van der Waals surface area (Å²) in [5.41, 5.74) is 7.48. The number of hydrogen-bond donors (Lipinski definition) is 2. The highest BCUT2D eigenvalue weighted by molar-refractivity contribution is 9.10. The normalized spacial score (nSPS) is 12.2. The second-order valence-electron chi connectivity index (χ2n) is 4.12. The van der Waals surface area contributed by atoms with Crippen LogP contribution in [0.3, 0.4) is 0 Å². The second-order valence-corrected chi connectivity index (χ2v) is 5.04. The molecule has 3 nitrogen and oxygen atoms in total. The van der Waals surface area contributed by atoms with Crippen molar-refractivity contribution in [2.45, 2.75) is 26.7 Å². The van der Waals surface area contributed by atoms with E-state index in [1.807, 2.05) is 25.1 Å². The molecule has 1 aromatic carbocycles. The minimum Gasteiger partial charge on any atom is -0.330 e. The predicted octanol–water partition coefficient (Wildman–Crippen LogP) is 2.93. The molecule has 0 aromatic heterocycles. The Morgan fingerprint density at radius 1 is 1.53 bits per heavy atom. The summed E-state index contributed by atoms with van der Waals surface area (Å²) in [6, 6.07) is 5.89. The number of anilines is 1. The highest BCUT2D eigenvalue weighted by atomic mass is 79.9. The smallest absolute Gasteiger partial charge is 0.227 e. The van der Waals surface area contributed by atoms with Crippen LogP contribution in [-0.4, -0.2) is 12.5 Å². The fourth-order valence-corrected chi connectivity index (χ4v) is 2.02. The number of aryl methyl sites for hydroxylation is 1. The number of benzene rings is 1. The van der Waals surface area contributed by atoms with E-state index >= 15 is 0 Å². The first kappa shape index (κ1) is 14.2. The van der Waals surface area contributed by atoms with E-state index in [4.69, 9.17) is 5.73 Å². The first-order valence-corrected chi connectivity index (χ1v) is 6.67. The lowest BCUT2D eigenvalue weighted by Crippen LogP contribution is -2.23. The molecule has 1 unspecified atom stereocenters. The lowest BCUT2D eigenvalue weighted by molar-refractivity contribution is -0.119. The van der Waals surface area contributed by atoms with Crippen molar-refractivity contribution in [3.63, 3.8) is 0 Å². The quantitative estimate of drug-likeness (QED) is 0.878. The first-order valence-electron chi connectivity index (χ1n) is 5.87. The number of carbonyl (C=O) groups is 1. The summed E-state index contributed by atoms with van der Waals surface area (Å²) in [7, 11) is 0. The third kappa shape index (κ3) is 4.13. The summed E-state index contributed by atoms with van der Waals surface area (Å²) >= 11 is 3.43. The van der Waals surface area contributed by atoms with Gasteiger partial charge in [0.1, 0.15) is 0 Å². The summed E-state index contributed by atoms with van der Waals surface area (Å²) < 4.78 is 1.03. The van der Waals surface area contributed by atoms with E-state index < -0.39 is 0 Å². The summed E-state index contributed by atoms with van der Waals surface area (Å²) in [6.07, 6.45) is 1.60. The van der Waals surface area contributed by atoms with E-state index in [0.717, 1.165) is 22.1 Å². The zero-order chi connectivity index (χ0) is 12.8. The molecule has 0 heterocycles. The van der Waals surface area contributed by atoms with E-state index in [2.05, 4.69) is 28.2 Å². The maximum absolute atomic E-state index is 11.9. The Kier molecular flexibility index (Phi) is 5.65. The minimum atomic E-state index is -0.0478. The molecule has 17 heavy (non-hydrogen) atoms. The molecular weight excluding hydrogens is 280 g/mol. The van der Waals surface area contributed by atoms with Gasteiger partial charge in [0.15, 0.2) is 0 Å². The van der Waals surface area contributed by atoms with Crippen molar-refractivity contribution in [2.24, 2.45) is 11.7 Å². The van der Waals surface area contributed by atoms with Gasteiger partial charge in [0.2, 0.25) is 5.91 Å². The van der Waals surface area contributed by atoms with E-state index in [9.17, 15) is 4.79 Å². The largest absolute Gasteiger partial charge is 0.330 e. The standard InChI is InChI=1S/C13H19BrN2O/c1-3-10-8-11(14)4-5-12(10)16-13(17)9(2)6-7-15/h4-5,8-9H,3,6-7,15H2,1-2H3,(H,16,17). The zero-order valence-corrected chi connectivity index (χ0v) is 11.9. The van der Waals surface area contributed by atoms with Gasteiger partial charge in [0, 0.05) is 16.1 Å². The predicted molar refractivity (Wildman–Crippen MR) is 75.0 cm³/mol. The molecule has 0 aliphatic carbocycles. The van der Waals surface area contributed by atoms with E-state index in [-0.39, 0.29) is 11.8 Å². The second kappa shape index (κ2) is 6.77. The van der Waals surface area contributed by atoms with Crippen LogP contribution in [0, 0.1) is 5.92 Å². The molecule has 0 radical (unpaired) electrons. The molecule has 1 aromatic rings. The summed E-state index contributed by atoms with van der Waals surface area (Å²) in [5, 5.41) is 2.96. The molecule has 94 valence electrons. The average Bonchev–Trinajstić information content (AvgIpc) is 2.31. The highest BCUT2D eigenvalue weighted by Gasteiger charge is 2.13. The lowest BCUT2D eigenvalue weighted by atomic mass is 10.1. The molecule has 0 aliphatic heterocycles. The van der Waals surface area contributed by atoms with Crippen LogP contribution in [0.2, 0.25) is 0 Å². The van der Waals surface area contributed by atoms with Gasteiger partial charge in [-0.2, -0.15) is 0 Å². The Morgan fingerprint density at radius 3 is 2.82 bits per heavy atom. The van der Waals surface area contributed by atoms with Crippen molar-refractivity contribution in [1.82, 2.24) is 0 Å². The van der Waals surface area contributed by atoms with Gasteiger partial charge in [-0.1, -0.05) is 29.8 Å². The van der Waals surface area contributed by atoms with Gasteiger partial charge < -0.3 is 11.1 Å². The highest BCUT2D eigenvalue weighted by Crippen LogP contribution is 2.22. The molecule has 0 aliphatic rings. The number of carbonyl (C=O) groups excluding carboxylic acids is 1. The molecule has 0 bridgehead atoms. The molecule has 1 atom stereocenters. The summed E-state index contributed by atoms with van der Waals surface area (Å²) in [6.45, 7) is 4.50. The first-order chi connectivity index (χ1) is 8.08. The van der Waals surface area contributed by atoms with Crippen LogP contribution in [0.1, 0.15) is 25.8 Å². The third-order valence-electron chi connectivity index (χ3n) is 2.75. The number of nitrogens with two attached hydrogens (primary N) is 1. The van der Waals surface area contributed by atoms with Crippen molar-refractivity contribution < 1.29 is 4.79 Å². The number of hydrogen-bond acceptors (Lipinski definition) is 2. The van der Waals surface area contributed by atoms with Gasteiger partial charge in [-0.05, 0) is 43.1 Å². The van der Waals surface area contributed by atoms with Crippen molar-refractivity contribution in [3.8, 4) is 0 Å². The Bertz CT molecular complexity index is 393. The van der Waals surface area contributed by atoms with Gasteiger partial charge >= 0.3 is 0 Å². The monoisotopic (exact) mass is 298 g/mol. The van der Waals surface area contributed by atoms with Crippen molar-refractivity contribution in [1.29, 1.82) is 0 Å². The van der Waals surface area contributed by atoms with E-state index in [0.29, 0.717) is 13.0 Å². The fraction of sp³-hybridized carbons (Fsp3) is 0.462. The summed E-state index contributed by atoms with van der Waals surface area (Å²) in [4.78, 5) is 11.9. The van der Waals surface area contributed by atoms with E-state index in [1.54, 1.807) is 0 Å². The third-order valence-corrected chi connectivity index (χ3v) is 3.25. The molecule has 0 saturated carbocycles. The topological polar surface area (TPSA) is 55.1 Å². The molecule has 3 N–H and O–H groups in total. The van der Waals surface area contributed by atoms with Gasteiger partial charge in [-0.25, -0.2) is 0 Å². The van der Waals surface area contributed by atoms with Crippen LogP contribution in [-0.2, 0) is 11.2 Å². The Hall–Kier alpha value is -0.870. The van der Waals surface area contributed by atoms with Gasteiger partial charge in [0.05, 0.1) is 0 Å². The number of amides is 1. The van der Waals surface area contributed by atoms with Crippen molar-refractivity contribution in [2.75, 3.05) is 11.9 Å². The fourth-order valence-electron chi connectivity index (χ4n) is 1.61. The molecule has 0 saturated heterocycles. The van der Waals surface area contributed by atoms with Crippen molar-refractivity contribution in [3.05, 3.63) is 28.2 Å². The molecule has 4 heteroatoms. The zero-order valence-electron chi connectivity index (χ0n) is 10.3. The van der Waals surface area contributed by atoms with Crippen LogP contribution >= 0.6 is 15.9 Å². The van der Waals surface area contributed by atoms with Crippen LogP contribution in [0.15, 0.2) is 22.7 Å². The molecule has 0 fully saturated rings. The van der Waals surface area contributed by atoms with Crippen LogP contribution in [0.5, 0.6) is 0 Å². The molecule has 0 spiro atoms.